The Morgan fingerprint density at radius 2 is 1.97 bits per heavy atom. The molecule has 0 saturated carbocycles. The van der Waals surface area contributed by atoms with Crippen LogP contribution in [0, 0.1) is 6.92 Å². The Bertz CT molecular complexity index is 1000. The SMILES string of the molecule is Cc1c(CN2CCN(c3cnccn3)CC2c2ccc(CC(N)=O)cc2)cnn1C. The summed E-state index contributed by atoms with van der Waals surface area (Å²) in [7, 11) is 1.97. The maximum absolute atomic E-state index is 11.2. The minimum absolute atomic E-state index is 0.183. The molecule has 1 unspecified atom stereocenters. The van der Waals surface area contributed by atoms with E-state index in [9.17, 15) is 4.79 Å². The number of hydrogen-bond acceptors (Lipinski definition) is 6. The van der Waals surface area contributed by atoms with Crippen molar-refractivity contribution >= 4 is 11.7 Å². The lowest BCUT2D eigenvalue weighted by molar-refractivity contribution is -0.117. The van der Waals surface area contributed by atoms with Gasteiger partial charge in [0, 0.05) is 56.9 Å². The van der Waals surface area contributed by atoms with Gasteiger partial charge >= 0.3 is 0 Å². The van der Waals surface area contributed by atoms with Gasteiger partial charge in [0.15, 0.2) is 0 Å². The molecule has 0 radical (unpaired) electrons. The van der Waals surface area contributed by atoms with Crippen LogP contribution in [0.1, 0.15) is 28.4 Å². The summed E-state index contributed by atoms with van der Waals surface area (Å²) < 4.78 is 1.92. The van der Waals surface area contributed by atoms with E-state index in [1.165, 1.54) is 16.8 Å². The molecule has 1 aromatic carbocycles. The molecule has 1 amide bonds. The Hall–Kier alpha value is -3.26. The number of aromatic nitrogens is 4. The highest BCUT2D eigenvalue weighted by molar-refractivity contribution is 5.76. The van der Waals surface area contributed by atoms with Crippen LogP contribution in [0.25, 0.3) is 0 Å². The van der Waals surface area contributed by atoms with Crippen molar-refractivity contribution < 1.29 is 4.79 Å². The number of anilines is 1. The molecule has 8 heteroatoms. The second-order valence-corrected chi connectivity index (χ2v) is 7.76. The van der Waals surface area contributed by atoms with Gasteiger partial charge in [0.1, 0.15) is 5.82 Å². The molecule has 156 valence electrons. The van der Waals surface area contributed by atoms with Crippen molar-refractivity contribution in [3.05, 3.63) is 71.4 Å². The molecule has 1 saturated heterocycles. The summed E-state index contributed by atoms with van der Waals surface area (Å²) in [6.45, 7) is 5.54. The number of piperazine rings is 1. The Balaban J connectivity index is 1.60. The van der Waals surface area contributed by atoms with E-state index in [1.807, 2.05) is 36.3 Å². The van der Waals surface area contributed by atoms with Gasteiger partial charge in [0.05, 0.1) is 24.9 Å². The zero-order valence-electron chi connectivity index (χ0n) is 17.4. The third-order valence-electron chi connectivity index (χ3n) is 5.82. The number of carbonyl (C=O) groups excluding carboxylic acids is 1. The highest BCUT2D eigenvalue weighted by atomic mass is 16.1. The minimum atomic E-state index is -0.317. The number of nitrogens with two attached hydrogens (primary N) is 1. The number of nitrogens with zero attached hydrogens (tertiary/aromatic N) is 6. The molecule has 1 aliphatic heterocycles. The maximum Gasteiger partial charge on any atom is 0.221 e. The van der Waals surface area contributed by atoms with Gasteiger partial charge < -0.3 is 10.6 Å². The fourth-order valence-corrected chi connectivity index (χ4v) is 3.97. The summed E-state index contributed by atoms with van der Waals surface area (Å²) in [5.41, 5.74) is 9.90. The predicted molar refractivity (Wildman–Crippen MR) is 115 cm³/mol. The third kappa shape index (κ3) is 4.33. The van der Waals surface area contributed by atoms with Crippen molar-refractivity contribution in [3.8, 4) is 0 Å². The number of carbonyl (C=O) groups is 1. The fourth-order valence-electron chi connectivity index (χ4n) is 3.97. The average Bonchev–Trinajstić information content (AvgIpc) is 3.07. The number of primary amides is 1. The standard InChI is InChI=1S/C22H27N7O/c1-16-19(12-26-27(16)2)14-28-9-10-29(22-13-24-7-8-25-22)15-20(28)18-5-3-17(4-6-18)11-21(23)30/h3-8,12-13,20H,9-11,14-15H2,1-2H3,(H2,23,30). The van der Waals surface area contributed by atoms with Crippen LogP contribution in [0.5, 0.6) is 0 Å². The molecular weight excluding hydrogens is 378 g/mol. The first-order chi connectivity index (χ1) is 14.5. The number of amides is 1. The third-order valence-corrected chi connectivity index (χ3v) is 5.82. The molecule has 3 heterocycles. The van der Waals surface area contributed by atoms with Crippen LogP contribution in [0.2, 0.25) is 0 Å². The molecule has 2 N–H and O–H groups in total. The second-order valence-electron chi connectivity index (χ2n) is 7.76. The summed E-state index contributed by atoms with van der Waals surface area (Å²) in [5, 5.41) is 4.40. The Morgan fingerprint density at radius 1 is 1.17 bits per heavy atom. The topological polar surface area (TPSA) is 93.2 Å². The molecule has 2 aromatic heterocycles. The molecule has 30 heavy (non-hydrogen) atoms. The average molecular weight is 406 g/mol. The Labute approximate surface area is 176 Å². The largest absolute Gasteiger partial charge is 0.369 e. The molecule has 1 atom stereocenters. The van der Waals surface area contributed by atoms with Gasteiger partial charge in [0.2, 0.25) is 5.91 Å². The van der Waals surface area contributed by atoms with E-state index >= 15 is 0 Å². The molecule has 0 spiro atoms. The molecule has 0 aliphatic carbocycles. The molecular formula is C22H27N7O. The minimum Gasteiger partial charge on any atom is -0.369 e. The molecule has 3 aromatic rings. The highest BCUT2D eigenvalue weighted by Gasteiger charge is 2.29. The van der Waals surface area contributed by atoms with Crippen LogP contribution in [0.3, 0.4) is 0 Å². The smallest absolute Gasteiger partial charge is 0.221 e. The van der Waals surface area contributed by atoms with Crippen LogP contribution in [-0.4, -0.2) is 50.2 Å². The van der Waals surface area contributed by atoms with Gasteiger partial charge in [-0.1, -0.05) is 24.3 Å². The molecule has 1 fully saturated rings. The van der Waals surface area contributed by atoms with Crippen molar-refractivity contribution in [2.24, 2.45) is 12.8 Å². The van der Waals surface area contributed by atoms with Gasteiger partial charge in [-0.3, -0.25) is 19.4 Å². The Kier molecular flexibility index (Phi) is 5.76. The number of hydrogen-bond donors (Lipinski definition) is 1. The van der Waals surface area contributed by atoms with Crippen molar-refractivity contribution in [2.45, 2.75) is 25.9 Å². The van der Waals surface area contributed by atoms with E-state index in [2.05, 4.69) is 43.9 Å². The maximum atomic E-state index is 11.2. The van der Waals surface area contributed by atoms with E-state index < -0.39 is 0 Å². The molecule has 0 bridgehead atoms. The van der Waals surface area contributed by atoms with Crippen LogP contribution in [0.4, 0.5) is 5.82 Å². The normalized spacial score (nSPS) is 17.3. The van der Waals surface area contributed by atoms with Crippen molar-refractivity contribution in [2.75, 3.05) is 24.5 Å². The lowest BCUT2D eigenvalue weighted by Gasteiger charge is -2.42. The lowest BCUT2D eigenvalue weighted by atomic mass is 9.99. The number of rotatable bonds is 6. The van der Waals surface area contributed by atoms with E-state index in [1.54, 1.807) is 12.4 Å². The highest BCUT2D eigenvalue weighted by Crippen LogP contribution is 2.29. The first-order valence-electron chi connectivity index (χ1n) is 10.1. The molecule has 4 rings (SSSR count). The van der Waals surface area contributed by atoms with Gasteiger partial charge in [0.25, 0.3) is 0 Å². The summed E-state index contributed by atoms with van der Waals surface area (Å²) in [4.78, 5) is 24.7. The van der Waals surface area contributed by atoms with E-state index in [4.69, 9.17) is 5.73 Å². The van der Waals surface area contributed by atoms with Crippen molar-refractivity contribution in [3.63, 3.8) is 0 Å². The zero-order valence-corrected chi connectivity index (χ0v) is 17.4. The van der Waals surface area contributed by atoms with Crippen LogP contribution in [0.15, 0.2) is 49.1 Å². The van der Waals surface area contributed by atoms with Gasteiger partial charge in [-0.2, -0.15) is 5.10 Å². The zero-order chi connectivity index (χ0) is 21.1. The van der Waals surface area contributed by atoms with Gasteiger partial charge in [-0.15, -0.1) is 0 Å². The van der Waals surface area contributed by atoms with Gasteiger partial charge in [-0.05, 0) is 18.1 Å². The van der Waals surface area contributed by atoms with E-state index in [0.29, 0.717) is 0 Å². The number of aryl methyl sites for hydroxylation is 1. The quantitative estimate of drug-likeness (QED) is 0.670. The first-order valence-corrected chi connectivity index (χ1v) is 10.1. The molecule has 1 aliphatic rings. The first kappa shape index (κ1) is 20.0. The van der Waals surface area contributed by atoms with Crippen LogP contribution >= 0.6 is 0 Å². The summed E-state index contributed by atoms with van der Waals surface area (Å²) in [6.07, 6.45) is 7.45. The van der Waals surface area contributed by atoms with E-state index in [0.717, 1.165) is 37.6 Å². The van der Waals surface area contributed by atoms with Crippen molar-refractivity contribution in [1.29, 1.82) is 0 Å². The number of benzene rings is 1. The summed E-state index contributed by atoms with van der Waals surface area (Å²) in [5.74, 6) is 0.577. The fraction of sp³-hybridized carbons (Fsp3) is 0.364. The molecule has 8 nitrogen and oxygen atoms in total. The predicted octanol–water partition coefficient (Wildman–Crippen LogP) is 1.61. The monoisotopic (exact) mass is 405 g/mol. The lowest BCUT2D eigenvalue weighted by Crippen LogP contribution is -2.48. The van der Waals surface area contributed by atoms with Crippen molar-refractivity contribution in [1.82, 2.24) is 24.6 Å². The van der Waals surface area contributed by atoms with E-state index in [-0.39, 0.29) is 18.4 Å². The Morgan fingerprint density at radius 3 is 2.60 bits per heavy atom. The second kappa shape index (κ2) is 8.62. The van der Waals surface area contributed by atoms with Crippen LogP contribution in [-0.2, 0) is 24.8 Å². The summed E-state index contributed by atoms with van der Waals surface area (Å²) in [6, 6.07) is 8.38. The van der Waals surface area contributed by atoms with Gasteiger partial charge in [-0.25, -0.2) is 4.98 Å². The summed E-state index contributed by atoms with van der Waals surface area (Å²) >= 11 is 0. The van der Waals surface area contributed by atoms with Crippen LogP contribution < -0.4 is 10.6 Å².